The monoisotopic (exact) mass is 325 g/mol. The summed E-state index contributed by atoms with van der Waals surface area (Å²) in [6, 6.07) is 7.08. The Morgan fingerprint density at radius 1 is 1.37 bits per heavy atom. The zero-order chi connectivity index (χ0) is 13.8. The summed E-state index contributed by atoms with van der Waals surface area (Å²) < 4.78 is 23.5. The molecule has 0 spiro atoms. The smallest absolute Gasteiger partial charge is 0.343 e. The lowest BCUT2D eigenvalue weighted by molar-refractivity contribution is 0.0597. The largest absolute Gasteiger partial charge is 0.465 e. The molecule has 0 aliphatic carbocycles. The maximum Gasteiger partial charge on any atom is 0.343 e. The van der Waals surface area contributed by atoms with Crippen LogP contribution in [0, 0.1) is 5.82 Å². The van der Waals surface area contributed by atoms with E-state index in [-0.39, 0.29) is 11.4 Å². The minimum absolute atomic E-state index is 0.0988. The molecule has 0 unspecified atom stereocenters. The average molecular weight is 326 g/mol. The molecule has 0 radical (unpaired) electrons. The highest BCUT2D eigenvalue weighted by Crippen LogP contribution is 2.30. The number of pyridine rings is 1. The predicted molar refractivity (Wildman–Crippen MR) is 69.8 cm³/mol. The fourth-order valence-electron chi connectivity index (χ4n) is 1.40. The van der Waals surface area contributed by atoms with Gasteiger partial charge in [0.25, 0.3) is 0 Å². The highest BCUT2D eigenvalue weighted by Gasteiger charge is 2.15. The molecule has 2 rings (SSSR count). The van der Waals surface area contributed by atoms with Gasteiger partial charge in [-0.1, -0.05) is 0 Å². The Bertz CT molecular complexity index is 619. The summed E-state index contributed by atoms with van der Waals surface area (Å²) in [6.07, 6.45) is 1.49. The van der Waals surface area contributed by atoms with Crippen molar-refractivity contribution in [3.63, 3.8) is 0 Å². The van der Waals surface area contributed by atoms with Crippen LogP contribution in [0.5, 0.6) is 11.6 Å². The molecule has 0 atom stereocenters. The van der Waals surface area contributed by atoms with Gasteiger partial charge < -0.3 is 9.47 Å². The van der Waals surface area contributed by atoms with Crippen molar-refractivity contribution in [3.8, 4) is 11.6 Å². The Balaban J connectivity index is 2.35. The summed E-state index contributed by atoms with van der Waals surface area (Å²) in [4.78, 5) is 15.5. The van der Waals surface area contributed by atoms with E-state index >= 15 is 0 Å². The molecule has 0 bridgehead atoms. The zero-order valence-corrected chi connectivity index (χ0v) is 11.5. The number of rotatable bonds is 3. The molecule has 0 saturated carbocycles. The highest BCUT2D eigenvalue weighted by atomic mass is 79.9. The molecule has 0 aliphatic rings. The van der Waals surface area contributed by atoms with Crippen molar-refractivity contribution in [2.24, 2.45) is 0 Å². The van der Waals surface area contributed by atoms with Crippen molar-refractivity contribution >= 4 is 21.9 Å². The number of methoxy groups -OCH3 is 1. The fraction of sp³-hybridized carbons (Fsp3) is 0.0769. The molecule has 2 aromatic rings. The summed E-state index contributed by atoms with van der Waals surface area (Å²) in [6.45, 7) is 0. The van der Waals surface area contributed by atoms with E-state index in [0.717, 1.165) is 0 Å². The molecule has 0 N–H and O–H groups in total. The minimum atomic E-state index is -0.554. The van der Waals surface area contributed by atoms with Crippen LogP contribution in [0.1, 0.15) is 10.4 Å². The van der Waals surface area contributed by atoms with E-state index in [1.165, 1.54) is 37.6 Å². The highest BCUT2D eigenvalue weighted by molar-refractivity contribution is 9.10. The first kappa shape index (κ1) is 13.5. The van der Waals surface area contributed by atoms with Crippen molar-refractivity contribution in [1.29, 1.82) is 0 Å². The van der Waals surface area contributed by atoms with Crippen LogP contribution >= 0.6 is 15.9 Å². The quantitative estimate of drug-likeness (QED) is 0.809. The van der Waals surface area contributed by atoms with Gasteiger partial charge in [0, 0.05) is 6.20 Å². The molecule has 0 aliphatic heterocycles. The van der Waals surface area contributed by atoms with E-state index in [1.807, 2.05) is 0 Å². The molecule has 0 fully saturated rings. The average Bonchev–Trinajstić information content (AvgIpc) is 2.41. The maximum atomic E-state index is 13.0. The first-order valence-corrected chi connectivity index (χ1v) is 6.07. The van der Waals surface area contributed by atoms with E-state index in [4.69, 9.17) is 4.74 Å². The SMILES string of the molecule is COC(=O)c1cccnc1Oc1ccc(F)cc1Br. The van der Waals surface area contributed by atoms with Gasteiger partial charge in [0.15, 0.2) is 0 Å². The predicted octanol–water partition coefficient (Wildman–Crippen LogP) is 3.56. The number of ether oxygens (including phenoxy) is 2. The molecule has 1 aromatic carbocycles. The topological polar surface area (TPSA) is 48.4 Å². The van der Waals surface area contributed by atoms with Gasteiger partial charge in [-0.25, -0.2) is 14.2 Å². The van der Waals surface area contributed by atoms with Gasteiger partial charge in [0.05, 0.1) is 11.6 Å². The van der Waals surface area contributed by atoms with Crippen LogP contribution in [0.3, 0.4) is 0 Å². The second-order valence-corrected chi connectivity index (χ2v) is 4.38. The third-order valence-electron chi connectivity index (χ3n) is 2.28. The van der Waals surface area contributed by atoms with Crippen molar-refractivity contribution in [1.82, 2.24) is 4.98 Å². The lowest BCUT2D eigenvalue weighted by Crippen LogP contribution is -2.05. The van der Waals surface area contributed by atoms with Crippen molar-refractivity contribution in [2.75, 3.05) is 7.11 Å². The molecule has 98 valence electrons. The van der Waals surface area contributed by atoms with E-state index in [2.05, 4.69) is 25.7 Å². The molecule has 19 heavy (non-hydrogen) atoms. The summed E-state index contributed by atoms with van der Waals surface area (Å²) in [5.41, 5.74) is 0.196. The number of hydrogen-bond acceptors (Lipinski definition) is 4. The Kier molecular flexibility index (Phi) is 4.11. The Hall–Kier alpha value is -1.95. The summed E-state index contributed by atoms with van der Waals surface area (Å²) >= 11 is 3.17. The van der Waals surface area contributed by atoms with E-state index in [0.29, 0.717) is 10.2 Å². The van der Waals surface area contributed by atoms with Crippen LogP contribution in [0.25, 0.3) is 0 Å². The Morgan fingerprint density at radius 3 is 2.84 bits per heavy atom. The third-order valence-corrected chi connectivity index (χ3v) is 2.90. The van der Waals surface area contributed by atoms with Crippen LogP contribution in [0.2, 0.25) is 0 Å². The maximum absolute atomic E-state index is 13.0. The second kappa shape index (κ2) is 5.79. The van der Waals surface area contributed by atoms with Gasteiger partial charge in [-0.15, -0.1) is 0 Å². The number of halogens is 2. The zero-order valence-electron chi connectivity index (χ0n) is 9.89. The molecule has 1 aromatic heterocycles. The van der Waals surface area contributed by atoms with Gasteiger partial charge in [-0.3, -0.25) is 0 Å². The summed E-state index contributed by atoms with van der Waals surface area (Å²) in [7, 11) is 1.27. The normalized spacial score (nSPS) is 10.1. The van der Waals surface area contributed by atoms with Crippen molar-refractivity contribution in [2.45, 2.75) is 0 Å². The number of benzene rings is 1. The number of hydrogen-bond donors (Lipinski definition) is 0. The van der Waals surface area contributed by atoms with Crippen molar-refractivity contribution in [3.05, 3.63) is 52.4 Å². The standard InChI is InChI=1S/C13H9BrFNO3/c1-18-13(17)9-3-2-6-16-12(9)19-11-5-4-8(15)7-10(11)14/h2-7H,1H3. The Morgan fingerprint density at radius 2 is 2.16 bits per heavy atom. The van der Waals surface area contributed by atoms with E-state index < -0.39 is 11.8 Å². The number of nitrogens with zero attached hydrogens (tertiary/aromatic N) is 1. The molecular weight excluding hydrogens is 317 g/mol. The van der Waals surface area contributed by atoms with Gasteiger partial charge in [-0.2, -0.15) is 0 Å². The van der Waals surface area contributed by atoms with Gasteiger partial charge in [-0.05, 0) is 46.3 Å². The van der Waals surface area contributed by atoms with Crippen LogP contribution in [0.15, 0.2) is 41.0 Å². The second-order valence-electron chi connectivity index (χ2n) is 3.52. The number of esters is 1. The van der Waals surface area contributed by atoms with Gasteiger partial charge >= 0.3 is 5.97 Å². The molecule has 4 nitrogen and oxygen atoms in total. The first-order chi connectivity index (χ1) is 9.11. The van der Waals surface area contributed by atoms with Crippen LogP contribution < -0.4 is 4.74 Å². The van der Waals surface area contributed by atoms with E-state index in [1.54, 1.807) is 6.07 Å². The molecule has 0 amide bonds. The lowest BCUT2D eigenvalue weighted by atomic mass is 10.2. The summed E-state index contributed by atoms with van der Waals surface area (Å²) in [5, 5.41) is 0. The number of carbonyl (C=O) groups is 1. The van der Waals surface area contributed by atoms with Crippen molar-refractivity contribution < 1.29 is 18.7 Å². The molecule has 6 heteroatoms. The summed E-state index contributed by atoms with van der Waals surface area (Å²) in [5.74, 6) is -0.498. The Labute approximate surface area is 117 Å². The molecule has 0 saturated heterocycles. The molecular formula is C13H9BrFNO3. The third kappa shape index (κ3) is 3.08. The minimum Gasteiger partial charge on any atom is -0.465 e. The van der Waals surface area contributed by atoms with E-state index in [9.17, 15) is 9.18 Å². The first-order valence-electron chi connectivity index (χ1n) is 5.28. The van der Waals surface area contributed by atoms with Gasteiger partial charge in [0.1, 0.15) is 17.1 Å². The van der Waals surface area contributed by atoms with Gasteiger partial charge in [0.2, 0.25) is 5.88 Å². The van der Waals surface area contributed by atoms with Crippen LogP contribution in [-0.4, -0.2) is 18.1 Å². The fourth-order valence-corrected chi connectivity index (χ4v) is 1.83. The van der Waals surface area contributed by atoms with Crippen LogP contribution in [-0.2, 0) is 4.74 Å². The lowest BCUT2D eigenvalue weighted by Gasteiger charge is -2.09. The molecule has 1 heterocycles. The number of aromatic nitrogens is 1. The van der Waals surface area contributed by atoms with Crippen LogP contribution in [0.4, 0.5) is 4.39 Å². The number of carbonyl (C=O) groups excluding carboxylic acids is 1.